The van der Waals surface area contributed by atoms with E-state index in [1.165, 1.54) is 0 Å². The standard InChI is InChI=1S/C13H19NO3/c1-13(2,9-14-12(16)8-15)10-4-6-11(17-3)7-5-10/h4-7,15H,8-9H2,1-3H3,(H,14,16). The van der Waals surface area contributed by atoms with Crippen molar-refractivity contribution in [3.63, 3.8) is 0 Å². The summed E-state index contributed by atoms with van der Waals surface area (Å²) < 4.78 is 5.09. The summed E-state index contributed by atoms with van der Waals surface area (Å²) in [5, 5.41) is 11.3. The largest absolute Gasteiger partial charge is 0.497 e. The van der Waals surface area contributed by atoms with Crippen LogP contribution in [0.15, 0.2) is 24.3 Å². The monoisotopic (exact) mass is 237 g/mol. The van der Waals surface area contributed by atoms with Crippen molar-refractivity contribution in [2.24, 2.45) is 0 Å². The van der Waals surface area contributed by atoms with Crippen molar-refractivity contribution in [3.05, 3.63) is 29.8 Å². The van der Waals surface area contributed by atoms with Gasteiger partial charge in [-0.1, -0.05) is 26.0 Å². The maximum absolute atomic E-state index is 11.0. The Labute approximate surface area is 102 Å². The molecule has 0 heterocycles. The minimum atomic E-state index is -0.474. The van der Waals surface area contributed by atoms with Gasteiger partial charge in [-0.2, -0.15) is 0 Å². The molecule has 1 amide bonds. The van der Waals surface area contributed by atoms with Gasteiger partial charge in [0.1, 0.15) is 12.4 Å². The number of nitrogens with one attached hydrogen (secondary N) is 1. The Bertz CT molecular complexity index is 371. The number of carbonyl (C=O) groups is 1. The zero-order valence-electron chi connectivity index (χ0n) is 10.5. The van der Waals surface area contributed by atoms with E-state index in [-0.39, 0.29) is 11.3 Å². The van der Waals surface area contributed by atoms with E-state index in [1.54, 1.807) is 7.11 Å². The molecule has 0 fully saturated rings. The van der Waals surface area contributed by atoms with E-state index < -0.39 is 6.61 Å². The second-order valence-electron chi connectivity index (χ2n) is 4.55. The molecule has 0 bridgehead atoms. The minimum absolute atomic E-state index is 0.183. The van der Waals surface area contributed by atoms with Crippen molar-refractivity contribution in [1.82, 2.24) is 5.32 Å². The van der Waals surface area contributed by atoms with Gasteiger partial charge in [0.2, 0.25) is 5.91 Å². The van der Waals surface area contributed by atoms with E-state index in [9.17, 15) is 4.79 Å². The van der Waals surface area contributed by atoms with E-state index in [1.807, 2.05) is 38.1 Å². The summed E-state index contributed by atoms with van der Waals surface area (Å²) in [4.78, 5) is 11.0. The molecule has 0 aliphatic rings. The molecule has 0 unspecified atom stereocenters. The van der Waals surface area contributed by atoms with Gasteiger partial charge in [0.15, 0.2) is 0 Å². The average Bonchev–Trinajstić information content (AvgIpc) is 2.36. The molecule has 1 aromatic carbocycles. The molecule has 4 heteroatoms. The van der Waals surface area contributed by atoms with E-state index in [4.69, 9.17) is 9.84 Å². The van der Waals surface area contributed by atoms with Crippen molar-refractivity contribution >= 4 is 5.91 Å². The van der Waals surface area contributed by atoms with Crippen molar-refractivity contribution in [1.29, 1.82) is 0 Å². The van der Waals surface area contributed by atoms with Crippen LogP contribution in [0.4, 0.5) is 0 Å². The highest BCUT2D eigenvalue weighted by Gasteiger charge is 2.21. The molecule has 0 aliphatic heterocycles. The lowest BCUT2D eigenvalue weighted by molar-refractivity contribution is -0.124. The van der Waals surface area contributed by atoms with Crippen LogP contribution < -0.4 is 10.1 Å². The molecular weight excluding hydrogens is 218 g/mol. The van der Waals surface area contributed by atoms with Crippen LogP contribution in [0, 0.1) is 0 Å². The van der Waals surface area contributed by atoms with Crippen LogP contribution in [-0.4, -0.2) is 31.3 Å². The zero-order valence-corrected chi connectivity index (χ0v) is 10.5. The van der Waals surface area contributed by atoms with Gasteiger partial charge >= 0.3 is 0 Å². The van der Waals surface area contributed by atoms with Gasteiger partial charge in [0.05, 0.1) is 7.11 Å². The van der Waals surface area contributed by atoms with Gasteiger partial charge in [0, 0.05) is 12.0 Å². The third-order valence-corrected chi connectivity index (χ3v) is 2.74. The number of benzene rings is 1. The number of aliphatic hydroxyl groups excluding tert-OH is 1. The van der Waals surface area contributed by atoms with Crippen molar-refractivity contribution in [3.8, 4) is 5.75 Å². The van der Waals surface area contributed by atoms with Crippen molar-refractivity contribution in [2.75, 3.05) is 20.3 Å². The molecule has 1 aromatic rings. The number of amides is 1. The number of ether oxygens (including phenoxy) is 1. The molecule has 2 N–H and O–H groups in total. The van der Waals surface area contributed by atoms with Crippen LogP contribution in [0.3, 0.4) is 0 Å². The van der Waals surface area contributed by atoms with Crippen molar-refractivity contribution in [2.45, 2.75) is 19.3 Å². The molecule has 0 saturated heterocycles. The van der Waals surface area contributed by atoms with Crippen LogP contribution in [-0.2, 0) is 10.2 Å². The Morgan fingerprint density at radius 3 is 2.41 bits per heavy atom. The quantitative estimate of drug-likeness (QED) is 0.805. The van der Waals surface area contributed by atoms with Gasteiger partial charge in [-0.25, -0.2) is 0 Å². The first-order valence-corrected chi connectivity index (χ1v) is 5.51. The van der Waals surface area contributed by atoms with Crippen LogP contribution in [0.2, 0.25) is 0 Å². The Morgan fingerprint density at radius 2 is 1.94 bits per heavy atom. The molecular formula is C13H19NO3. The first-order valence-electron chi connectivity index (χ1n) is 5.51. The fraction of sp³-hybridized carbons (Fsp3) is 0.462. The molecule has 0 spiro atoms. The van der Waals surface area contributed by atoms with Gasteiger partial charge in [-0.3, -0.25) is 4.79 Å². The summed E-state index contributed by atoms with van der Waals surface area (Å²) in [5.74, 6) is 0.454. The number of carbonyl (C=O) groups excluding carboxylic acids is 1. The third-order valence-electron chi connectivity index (χ3n) is 2.74. The first-order chi connectivity index (χ1) is 7.99. The number of hydrogen-bond donors (Lipinski definition) is 2. The van der Waals surface area contributed by atoms with Gasteiger partial charge in [-0.05, 0) is 17.7 Å². The van der Waals surface area contributed by atoms with E-state index in [2.05, 4.69) is 5.32 Å². The minimum Gasteiger partial charge on any atom is -0.497 e. The molecule has 0 aromatic heterocycles. The normalized spacial score (nSPS) is 11.1. The lowest BCUT2D eigenvalue weighted by Crippen LogP contribution is -2.37. The van der Waals surface area contributed by atoms with Crippen LogP contribution in [0.5, 0.6) is 5.75 Å². The van der Waals surface area contributed by atoms with Crippen LogP contribution in [0.1, 0.15) is 19.4 Å². The Kier molecular flexibility index (Phi) is 4.52. The predicted molar refractivity (Wildman–Crippen MR) is 66.1 cm³/mol. The maximum Gasteiger partial charge on any atom is 0.245 e. The highest BCUT2D eigenvalue weighted by Crippen LogP contribution is 2.24. The van der Waals surface area contributed by atoms with E-state index in [0.29, 0.717) is 6.54 Å². The summed E-state index contributed by atoms with van der Waals surface area (Å²) >= 11 is 0. The molecule has 0 radical (unpaired) electrons. The molecule has 0 aliphatic carbocycles. The summed E-state index contributed by atoms with van der Waals surface area (Å²) in [5.41, 5.74) is 0.924. The SMILES string of the molecule is COc1ccc(C(C)(C)CNC(=O)CO)cc1. The summed E-state index contributed by atoms with van der Waals surface area (Å²) in [6, 6.07) is 7.74. The van der Waals surface area contributed by atoms with Crippen LogP contribution in [0.25, 0.3) is 0 Å². The summed E-state index contributed by atoms with van der Waals surface area (Å²) in [6.45, 7) is 4.08. The second kappa shape index (κ2) is 5.68. The predicted octanol–water partition coefficient (Wildman–Crippen LogP) is 1.08. The lowest BCUT2D eigenvalue weighted by Gasteiger charge is -2.25. The average molecular weight is 237 g/mol. The molecule has 1 rings (SSSR count). The Morgan fingerprint density at radius 1 is 1.35 bits per heavy atom. The lowest BCUT2D eigenvalue weighted by atomic mass is 9.84. The third kappa shape index (κ3) is 3.75. The van der Waals surface area contributed by atoms with Gasteiger partial charge in [-0.15, -0.1) is 0 Å². The molecule has 17 heavy (non-hydrogen) atoms. The molecule has 4 nitrogen and oxygen atoms in total. The maximum atomic E-state index is 11.0. The van der Waals surface area contributed by atoms with E-state index >= 15 is 0 Å². The summed E-state index contributed by atoms with van der Waals surface area (Å²) in [6.07, 6.45) is 0. The molecule has 0 atom stereocenters. The van der Waals surface area contributed by atoms with E-state index in [0.717, 1.165) is 11.3 Å². The Hall–Kier alpha value is -1.55. The molecule has 0 saturated carbocycles. The highest BCUT2D eigenvalue weighted by atomic mass is 16.5. The number of aliphatic hydroxyl groups is 1. The summed E-state index contributed by atoms with van der Waals surface area (Å²) in [7, 11) is 1.63. The van der Waals surface area contributed by atoms with Gasteiger partial charge < -0.3 is 15.2 Å². The van der Waals surface area contributed by atoms with Crippen molar-refractivity contribution < 1.29 is 14.6 Å². The number of hydrogen-bond acceptors (Lipinski definition) is 3. The first kappa shape index (κ1) is 13.5. The van der Waals surface area contributed by atoms with Gasteiger partial charge in [0.25, 0.3) is 0 Å². The highest BCUT2D eigenvalue weighted by molar-refractivity contribution is 5.76. The fourth-order valence-electron chi connectivity index (χ4n) is 1.52. The van der Waals surface area contributed by atoms with Crippen LogP contribution >= 0.6 is 0 Å². The Balaban J connectivity index is 2.70. The fourth-order valence-corrected chi connectivity index (χ4v) is 1.52. The smallest absolute Gasteiger partial charge is 0.245 e. The zero-order chi connectivity index (χ0) is 12.9. The second-order valence-corrected chi connectivity index (χ2v) is 4.55. The number of rotatable bonds is 5. The molecule has 94 valence electrons. The topological polar surface area (TPSA) is 58.6 Å². The number of methoxy groups -OCH3 is 1.